The second kappa shape index (κ2) is 10.1. The van der Waals surface area contributed by atoms with Gasteiger partial charge in [0.2, 0.25) is 5.88 Å². The molecule has 194 valence electrons. The van der Waals surface area contributed by atoms with Crippen LogP contribution in [0.4, 0.5) is 0 Å². The van der Waals surface area contributed by atoms with E-state index in [0.717, 1.165) is 34.4 Å². The van der Waals surface area contributed by atoms with Gasteiger partial charge >= 0.3 is 5.97 Å². The Bertz CT molecular complexity index is 1440. The highest BCUT2D eigenvalue weighted by Crippen LogP contribution is 2.61. The number of hydrogen-bond acceptors (Lipinski definition) is 7. The third-order valence-corrected chi connectivity index (χ3v) is 8.06. The van der Waals surface area contributed by atoms with Gasteiger partial charge in [-0.1, -0.05) is 24.3 Å². The SMILES string of the molecule is CS(=O)(=O)CCCOc1ccc(-c2cccc(COc3ccc4c(c3)CC3C(C(=O)O)C43)c2)c(CO)n1. The van der Waals surface area contributed by atoms with Crippen LogP contribution >= 0.6 is 0 Å². The zero-order valence-corrected chi connectivity index (χ0v) is 21.3. The molecule has 9 heteroatoms. The van der Waals surface area contributed by atoms with Gasteiger partial charge in [0.25, 0.3) is 0 Å². The highest BCUT2D eigenvalue weighted by Gasteiger charge is 2.59. The zero-order valence-electron chi connectivity index (χ0n) is 20.5. The van der Waals surface area contributed by atoms with E-state index in [9.17, 15) is 23.4 Å². The monoisotopic (exact) mass is 523 g/mol. The van der Waals surface area contributed by atoms with E-state index in [4.69, 9.17) is 9.47 Å². The molecule has 5 rings (SSSR count). The van der Waals surface area contributed by atoms with Crippen LogP contribution in [0, 0.1) is 11.8 Å². The van der Waals surface area contributed by atoms with Crippen LogP contribution in [0.15, 0.2) is 54.6 Å². The predicted molar refractivity (Wildman–Crippen MR) is 137 cm³/mol. The molecule has 1 aromatic heterocycles. The standard InChI is InChI=1S/C28H29NO7S/c1-37(33,34)11-3-10-35-25-9-8-21(24(15-30)29-25)18-5-2-4-17(12-18)16-36-20-6-7-22-19(13-20)14-23-26(22)27(23)28(31)32/h2,4-9,12-13,23,26-27,30H,3,10-11,14-16H2,1H3,(H,31,32). The summed E-state index contributed by atoms with van der Waals surface area (Å²) in [6.07, 6.45) is 2.35. The minimum Gasteiger partial charge on any atom is -0.489 e. The number of aromatic nitrogens is 1. The second-order valence-corrected chi connectivity index (χ2v) is 12.0. The number of carboxylic acid groups (broad SMARTS) is 1. The molecule has 3 atom stereocenters. The van der Waals surface area contributed by atoms with E-state index in [1.807, 2.05) is 48.5 Å². The Morgan fingerprint density at radius 1 is 1.11 bits per heavy atom. The summed E-state index contributed by atoms with van der Waals surface area (Å²) in [6, 6.07) is 17.3. The number of ether oxygens (including phenoxy) is 2. The van der Waals surface area contributed by atoms with Gasteiger partial charge in [-0.3, -0.25) is 4.79 Å². The van der Waals surface area contributed by atoms with E-state index in [1.165, 1.54) is 11.8 Å². The summed E-state index contributed by atoms with van der Waals surface area (Å²) >= 11 is 0. The number of aliphatic carboxylic acids is 1. The minimum atomic E-state index is -3.04. The number of hydrogen-bond donors (Lipinski definition) is 2. The fourth-order valence-corrected chi connectivity index (χ4v) is 5.90. The molecule has 0 amide bonds. The smallest absolute Gasteiger partial charge is 0.307 e. The van der Waals surface area contributed by atoms with Gasteiger partial charge in [0.1, 0.15) is 22.2 Å². The van der Waals surface area contributed by atoms with Crippen molar-refractivity contribution in [3.8, 4) is 22.8 Å². The first-order chi connectivity index (χ1) is 17.7. The lowest BCUT2D eigenvalue weighted by molar-refractivity contribution is -0.139. The van der Waals surface area contributed by atoms with E-state index in [1.54, 1.807) is 6.07 Å². The van der Waals surface area contributed by atoms with E-state index < -0.39 is 15.8 Å². The summed E-state index contributed by atoms with van der Waals surface area (Å²) in [5, 5.41) is 19.2. The van der Waals surface area contributed by atoms with Crippen molar-refractivity contribution in [2.75, 3.05) is 18.6 Å². The Morgan fingerprint density at radius 2 is 1.95 bits per heavy atom. The van der Waals surface area contributed by atoms with Crippen LogP contribution < -0.4 is 9.47 Å². The molecule has 0 saturated heterocycles. The quantitative estimate of drug-likeness (QED) is 0.366. The maximum Gasteiger partial charge on any atom is 0.307 e. The molecule has 8 nitrogen and oxygen atoms in total. The number of nitrogens with zero attached hydrogens (tertiary/aromatic N) is 1. The molecule has 3 aromatic rings. The number of benzene rings is 2. The highest BCUT2D eigenvalue weighted by atomic mass is 32.2. The van der Waals surface area contributed by atoms with Crippen molar-refractivity contribution in [3.63, 3.8) is 0 Å². The fraction of sp³-hybridized carbons (Fsp3) is 0.357. The molecular formula is C28H29NO7S. The molecule has 1 fully saturated rings. The number of carbonyl (C=O) groups is 1. The number of sulfone groups is 1. The van der Waals surface area contributed by atoms with Crippen molar-refractivity contribution in [1.82, 2.24) is 4.98 Å². The van der Waals surface area contributed by atoms with Gasteiger partial charge in [0, 0.05) is 23.8 Å². The summed E-state index contributed by atoms with van der Waals surface area (Å²) in [4.78, 5) is 15.7. The van der Waals surface area contributed by atoms with Gasteiger partial charge < -0.3 is 19.7 Å². The first-order valence-corrected chi connectivity index (χ1v) is 14.3. The minimum absolute atomic E-state index is 0.0461. The third-order valence-electron chi connectivity index (χ3n) is 7.03. The fourth-order valence-electron chi connectivity index (χ4n) is 5.25. The predicted octanol–water partition coefficient (Wildman–Crippen LogP) is 3.60. The largest absolute Gasteiger partial charge is 0.489 e. The summed E-state index contributed by atoms with van der Waals surface area (Å²) < 4.78 is 34.1. The van der Waals surface area contributed by atoms with Crippen LogP contribution in [0.5, 0.6) is 11.6 Å². The van der Waals surface area contributed by atoms with Crippen LogP contribution in [0.25, 0.3) is 11.1 Å². The lowest BCUT2D eigenvalue weighted by atomic mass is 10.0. The Balaban J connectivity index is 1.22. The Hall–Kier alpha value is -3.43. The summed E-state index contributed by atoms with van der Waals surface area (Å²) in [6.45, 7) is 0.318. The molecule has 1 heterocycles. The Morgan fingerprint density at radius 3 is 2.70 bits per heavy atom. The number of aliphatic hydroxyl groups excluding tert-OH is 1. The van der Waals surface area contributed by atoms with Crippen LogP contribution in [-0.2, 0) is 34.3 Å². The molecule has 37 heavy (non-hydrogen) atoms. The van der Waals surface area contributed by atoms with E-state index in [-0.39, 0.29) is 36.7 Å². The highest BCUT2D eigenvalue weighted by molar-refractivity contribution is 7.90. The van der Waals surface area contributed by atoms with Gasteiger partial charge in [0.05, 0.1) is 30.6 Å². The lowest BCUT2D eigenvalue weighted by Crippen LogP contribution is -2.09. The zero-order chi connectivity index (χ0) is 26.2. The molecule has 1 saturated carbocycles. The number of fused-ring (bicyclic) bond motifs is 3. The molecule has 2 aliphatic rings. The molecule has 0 aliphatic heterocycles. The number of rotatable bonds is 11. The summed E-state index contributed by atoms with van der Waals surface area (Å²) in [5.41, 5.74) is 5.40. The molecule has 2 aromatic carbocycles. The van der Waals surface area contributed by atoms with Crippen LogP contribution in [0.1, 0.15) is 34.7 Å². The van der Waals surface area contributed by atoms with Crippen molar-refractivity contribution in [2.24, 2.45) is 11.8 Å². The van der Waals surface area contributed by atoms with Crippen LogP contribution in [0.2, 0.25) is 0 Å². The molecular weight excluding hydrogens is 494 g/mol. The van der Waals surface area contributed by atoms with E-state index >= 15 is 0 Å². The maximum absolute atomic E-state index is 11.3. The van der Waals surface area contributed by atoms with Crippen LogP contribution in [-0.4, -0.2) is 48.2 Å². The number of aliphatic hydroxyl groups is 1. The first kappa shape index (κ1) is 25.2. The van der Waals surface area contributed by atoms with Crippen molar-refractivity contribution in [1.29, 1.82) is 0 Å². The Kier molecular flexibility index (Phi) is 6.92. The maximum atomic E-state index is 11.3. The molecule has 0 spiro atoms. The third kappa shape index (κ3) is 5.62. The van der Waals surface area contributed by atoms with Crippen molar-refractivity contribution >= 4 is 15.8 Å². The van der Waals surface area contributed by atoms with Gasteiger partial charge in [-0.2, -0.15) is 0 Å². The van der Waals surface area contributed by atoms with Crippen LogP contribution in [0.3, 0.4) is 0 Å². The van der Waals surface area contributed by atoms with Crippen molar-refractivity contribution < 1.29 is 32.9 Å². The van der Waals surface area contributed by atoms with Gasteiger partial charge in [-0.15, -0.1) is 0 Å². The normalized spacial score (nSPS) is 19.7. The lowest BCUT2D eigenvalue weighted by Gasteiger charge is -2.13. The Labute approximate surface area is 215 Å². The number of pyridine rings is 1. The molecule has 2 aliphatic carbocycles. The molecule has 0 radical (unpaired) electrons. The molecule has 3 unspecified atom stereocenters. The summed E-state index contributed by atoms with van der Waals surface area (Å²) in [7, 11) is -3.04. The average molecular weight is 524 g/mol. The number of carboxylic acids is 1. The molecule has 0 bridgehead atoms. The van der Waals surface area contributed by atoms with Gasteiger partial charge in [-0.25, -0.2) is 13.4 Å². The van der Waals surface area contributed by atoms with Gasteiger partial charge in [-0.05, 0) is 65.3 Å². The van der Waals surface area contributed by atoms with Gasteiger partial charge in [0.15, 0.2) is 0 Å². The first-order valence-electron chi connectivity index (χ1n) is 12.2. The van der Waals surface area contributed by atoms with E-state index in [2.05, 4.69) is 4.98 Å². The second-order valence-electron chi connectivity index (χ2n) is 9.74. The molecule has 2 N–H and O–H groups in total. The van der Waals surface area contributed by atoms with E-state index in [0.29, 0.717) is 24.6 Å². The topological polar surface area (TPSA) is 123 Å². The van der Waals surface area contributed by atoms with Crippen molar-refractivity contribution in [2.45, 2.75) is 32.0 Å². The van der Waals surface area contributed by atoms with Crippen molar-refractivity contribution in [3.05, 3.63) is 77.0 Å². The average Bonchev–Trinajstić information content (AvgIpc) is 3.47. The summed E-state index contributed by atoms with van der Waals surface area (Å²) in [5.74, 6) is 0.574.